The monoisotopic (exact) mass is 521 g/mol. The van der Waals surface area contributed by atoms with Gasteiger partial charge in [0.25, 0.3) is 11.7 Å². The summed E-state index contributed by atoms with van der Waals surface area (Å²) in [6.45, 7) is 4.72. The van der Waals surface area contributed by atoms with Crippen molar-refractivity contribution in [3.8, 4) is 17.2 Å². The van der Waals surface area contributed by atoms with E-state index in [1.54, 1.807) is 61.7 Å². The molecule has 1 fully saturated rings. The molecule has 1 atom stereocenters. The number of halogens is 1. The molecule has 1 heterocycles. The summed E-state index contributed by atoms with van der Waals surface area (Å²) in [6.07, 6.45) is 0. The van der Waals surface area contributed by atoms with Crippen molar-refractivity contribution in [3.05, 3.63) is 94.0 Å². The van der Waals surface area contributed by atoms with Gasteiger partial charge in [-0.15, -0.1) is 0 Å². The molecule has 8 heteroatoms. The molecule has 3 aromatic rings. The van der Waals surface area contributed by atoms with E-state index in [0.717, 1.165) is 5.56 Å². The Hall–Kier alpha value is -3.97. The van der Waals surface area contributed by atoms with Gasteiger partial charge in [-0.3, -0.25) is 9.59 Å². The van der Waals surface area contributed by atoms with Crippen molar-refractivity contribution >= 4 is 29.1 Å². The van der Waals surface area contributed by atoms with E-state index in [9.17, 15) is 14.7 Å². The van der Waals surface area contributed by atoms with Gasteiger partial charge in [-0.25, -0.2) is 0 Å². The highest BCUT2D eigenvalue weighted by Crippen LogP contribution is 2.42. The van der Waals surface area contributed by atoms with Gasteiger partial charge in [0.1, 0.15) is 23.0 Å². The lowest BCUT2D eigenvalue weighted by Crippen LogP contribution is -2.29. The van der Waals surface area contributed by atoms with Crippen molar-refractivity contribution in [2.75, 3.05) is 20.3 Å². The van der Waals surface area contributed by atoms with Gasteiger partial charge in [-0.2, -0.15) is 0 Å². The topological polar surface area (TPSA) is 85.3 Å². The minimum atomic E-state index is -0.866. The van der Waals surface area contributed by atoms with Gasteiger partial charge in [0.2, 0.25) is 0 Å². The van der Waals surface area contributed by atoms with E-state index in [1.807, 2.05) is 26.0 Å². The van der Waals surface area contributed by atoms with E-state index in [0.29, 0.717) is 36.0 Å². The van der Waals surface area contributed by atoms with Crippen LogP contribution in [-0.4, -0.2) is 42.0 Å². The molecule has 1 N–H and O–H groups in total. The van der Waals surface area contributed by atoms with Gasteiger partial charge in [0.15, 0.2) is 0 Å². The largest absolute Gasteiger partial charge is 0.507 e. The zero-order valence-corrected chi connectivity index (χ0v) is 21.6. The SMILES string of the molecule is CCOc1cccc(C2/C(=C(\O)c3cc(OCC)ccc3Cl)C(=O)C(=O)N2Cc2ccc(OC)cc2)c1. The van der Waals surface area contributed by atoms with Crippen LogP contribution in [0.4, 0.5) is 0 Å². The van der Waals surface area contributed by atoms with Crippen LogP contribution < -0.4 is 14.2 Å². The van der Waals surface area contributed by atoms with Crippen LogP contribution in [0.25, 0.3) is 5.76 Å². The number of carbonyl (C=O) groups excluding carboxylic acids is 2. The maximum Gasteiger partial charge on any atom is 0.295 e. The molecule has 1 aliphatic rings. The Kier molecular flexibility index (Phi) is 8.04. The van der Waals surface area contributed by atoms with Crippen molar-refractivity contribution in [1.82, 2.24) is 4.90 Å². The predicted molar refractivity (Wildman–Crippen MR) is 141 cm³/mol. The molecule has 3 aromatic carbocycles. The molecular weight excluding hydrogens is 494 g/mol. The smallest absolute Gasteiger partial charge is 0.295 e. The number of rotatable bonds is 9. The van der Waals surface area contributed by atoms with Gasteiger partial charge in [0.05, 0.1) is 37.0 Å². The van der Waals surface area contributed by atoms with Crippen LogP contribution in [-0.2, 0) is 16.1 Å². The number of Topliss-reactive ketones (excluding diaryl/α,β-unsaturated/α-hetero) is 1. The third-order valence-corrected chi connectivity index (χ3v) is 6.37. The highest BCUT2D eigenvalue weighted by atomic mass is 35.5. The lowest BCUT2D eigenvalue weighted by Gasteiger charge is -2.26. The summed E-state index contributed by atoms with van der Waals surface area (Å²) in [4.78, 5) is 28.2. The fraction of sp³-hybridized carbons (Fsp3) is 0.241. The number of hydrogen-bond acceptors (Lipinski definition) is 6. The maximum absolute atomic E-state index is 13.4. The Morgan fingerprint density at radius 1 is 0.919 bits per heavy atom. The molecule has 1 saturated heterocycles. The third kappa shape index (κ3) is 5.42. The number of ether oxygens (including phenoxy) is 3. The first-order chi connectivity index (χ1) is 17.9. The minimum Gasteiger partial charge on any atom is -0.507 e. The summed E-state index contributed by atoms with van der Waals surface area (Å²) >= 11 is 6.42. The number of aliphatic hydroxyl groups is 1. The molecule has 0 radical (unpaired) electrons. The van der Waals surface area contributed by atoms with Crippen LogP contribution in [0.5, 0.6) is 17.2 Å². The quantitative estimate of drug-likeness (QED) is 0.219. The van der Waals surface area contributed by atoms with Crippen LogP contribution in [0.3, 0.4) is 0 Å². The lowest BCUT2D eigenvalue weighted by atomic mass is 9.95. The molecule has 7 nitrogen and oxygen atoms in total. The van der Waals surface area contributed by atoms with E-state index < -0.39 is 17.7 Å². The van der Waals surface area contributed by atoms with E-state index in [1.165, 1.54) is 4.90 Å². The molecule has 1 amide bonds. The second-order valence-corrected chi connectivity index (χ2v) is 8.76. The molecule has 37 heavy (non-hydrogen) atoms. The van der Waals surface area contributed by atoms with Gasteiger partial charge >= 0.3 is 0 Å². The fourth-order valence-corrected chi connectivity index (χ4v) is 4.55. The molecule has 192 valence electrons. The summed E-state index contributed by atoms with van der Waals surface area (Å²) in [5.74, 6) is -0.135. The van der Waals surface area contributed by atoms with Gasteiger partial charge in [-0.1, -0.05) is 35.9 Å². The molecule has 0 bridgehead atoms. The summed E-state index contributed by atoms with van der Waals surface area (Å²) in [6, 6.07) is 18.3. The van der Waals surface area contributed by atoms with Crippen LogP contribution >= 0.6 is 11.6 Å². The van der Waals surface area contributed by atoms with E-state index in [4.69, 9.17) is 25.8 Å². The molecule has 0 saturated carbocycles. The molecule has 1 aliphatic heterocycles. The first-order valence-electron chi connectivity index (χ1n) is 11.9. The average molecular weight is 522 g/mol. The first kappa shape index (κ1) is 26.1. The Bertz CT molecular complexity index is 1330. The van der Waals surface area contributed by atoms with E-state index in [-0.39, 0.29) is 28.5 Å². The number of ketones is 1. The normalized spacial score (nSPS) is 16.6. The molecule has 0 aromatic heterocycles. The molecule has 1 unspecified atom stereocenters. The standard InChI is InChI=1S/C29H28ClNO6/c1-4-36-21-8-6-7-19(15-21)26-25(27(32)23-16-22(37-5-2)13-14-24(23)30)28(33)29(34)31(26)17-18-9-11-20(35-3)12-10-18/h6-16,26,32H,4-5,17H2,1-3H3/b27-25+. The van der Waals surface area contributed by atoms with Crippen molar-refractivity contribution in [3.63, 3.8) is 0 Å². The minimum absolute atomic E-state index is 0.0530. The van der Waals surface area contributed by atoms with Gasteiger partial charge in [0, 0.05) is 12.1 Å². The molecular formula is C29H28ClNO6. The average Bonchev–Trinajstić information content (AvgIpc) is 3.15. The third-order valence-electron chi connectivity index (χ3n) is 6.04. The van der Waals surface area contributed by atoms with Crippen molar-refractivity contribution in [2.45, 2.75) is 26.4 Å². The second-order valence-electron chi connectivity index (χ2n) is 8.36. The molecule has 0 aliphatic carbocycles. The number of nitrogens with zero attached hydrogens (tertiary/aromatic N) is 1. The van der Waals surface area contributed by atoms with E-state index >= 15 is 0 Å². The Morgan fingerprint density at radius 3 is 2.22 bits per heavy atom. The number of benzene rings is 3. The maximum atomic E-state index is 13.4. The Labute approximate surface area is 220 Å². The number of amides is 1. The van der Waals surface area contributed by atoms with Crippen molar-refractivity contribution < 1.29 is 28.9 Å². The summed E-state index contributed by atoms with van der Waals surface area (Å²) in [5, 5.41) is 11.7. The van der Waals surface area contributed by atoms with Crippen LogP contribution in [0.2, 0.25) is 5.02 Å². The fourth-order valence-electron chi connectivity index (χ4n) is 4.35. The summed E-state index contributed by atoms with van der Waals surface area (Å²) < 4.78 is 16.4. The van der Waals surface area contributed by atoms with Crippen LogP contribution in [0.1, 0.15) is 36.6 Å². The van der Waals surface area contributed by atoms with Crippen molar-refractivity contribution in [1.29, 1.82) is 0 Å². The number of likely N-dealkylation sites (tertiary alicyclic amines) is 1. The van der Waals surface area contributed by atoms with Crippen LogP contribution in [0.15, 0.2) is 72.3 Å². The van der Waals surface area contributed by atoms with E-state index in [2.05, 4.69) is 0 Å². The zero-order chi connectivity index (χ0) is 26.5. The Morgan fingerprint density at radius 2 is 1.57 bits per heavy atom. The Balaban J connectivity index is 1.86. The lowest BCUT2D eigenvalue weighted by molar-refractivity contribution is -0.140. The number of hydrogen-bond donors (Lipinski definition) is 1. The summed E-state index contributed by atoms with van der Waals surface area (Å²) in [7, 11) is 1.57. The second kappa shape index (κ2) is 11.4. The number of aliphatic hydroxyl groups excluding tert-OH is 1. The van der Waals surface area contributed by atoms with Crippen LogP contribution in [0, 0.1) is 0 Å². The van der Waals surface area contributed by atoms with Gasteiger partial charge < -0.3 is 24.2 Å². The zero-order valence-electron chi connectivity index (χ0n) is 20.9. The van der Waals surface area contributed by atoms with Gasteiger partial charge in [-0.05, 0) is 67.4 Å². The molecule has 4 rings (SSSR count). The summed E-state index contributed by atoms with van der Waals surface area (Å²) in [5.41, 5.74) is 1.58. The number of methoxy groups -OCH3 is 1. The number of carbonyl (C=O) groups is 2. The highest BCUT2D eigenvalue weighted by Gasteiger charge is 2.46. The molecule has 0 spiro atoms. The predicted octanol–water partition coefficient (Wildman–Crippen LogP) is 5.77. The highest BCUT2D eigenvalue weighted by molar-refractivity contribution is 6.47. The van der Waals surface area contributed by atoms with Crippen molar-refractivity contribution in [2.24, 2.45) is 0 Å². The first-order valence-corrected chi connectivity index (χ1v) is 12.3.